The van der Waals surface area contributed by atoms with Crippen molar-refractivity contribution in [2.24, 2.45) is 0 Å². The normalized spacial score (nSPS) is 14.8. The van der Waals surface area contributed by atoms with Gasteiger partial charge in [0.05, 0.1) is 39.9 Å². The Bertz CT molecular complexity index is 860. The van der Waals surface area contributed by atoms with Gasteiger partial charge in [-0.1, -0.05) is 147 Å². The van der Waals surface area contributed by atoms with Crippen molar-refractivity contribution in [1.82, 2.24) is 5.32 Å². The number of hydrogen-bond donors (Lipinski definition) is 2. The Morgan fingerprint density at radius 3 is 1.59 bits per heavy atom. The lowest BCUT2D eigenvalue weighted by Crippen LogP contribution is -2.45. The van der Waals surface area contributed by atoms with Gasteiger partial charge in [-0.25, -0.2) is 0 Å². The number of aliphatic hydroxyl groups excluding tert-OH is 1. The van der Waals surface area contributed by atoms with Gasteiger partial charge >= 0.3 is 0 Å². The SMILES string of the molecule is CCCCCCCC/C=C\CCCCCCCCCCCC(=O)NC(COP(=O)([O-])OCC[N+](C)(C)C)C(O)/C=C/CCCCCCCC. The van der Waals surface area contributed by atoms with E-state index in [9.17, 15) is 19.4 Å². The molecule has 0 aromatic heterocycles. The summed E-state index contributed by atoms with van der Waals surface area (Å²) in [5.74, 6) is -0.204. The fraction of sp³-hybridized carbons (Fsp3) is 0.875. The molecule has 0 bridgehead atoms. The average molecular weight is 715 g/mol. The predicted molar refractivity (Wildman–Crippen MR) is 205 cm³/mol. The molecule has 49 heavy (non-hydrogen) atoms. The molecule has 0 aliphatic carbocycles. The first-order valence-corrected chi connectivity index (χ1v) is 21.7. The van der Waals surface area contributed by atoms with Gasteiger partial charge in [-0.3, -0.25) is 9.36 Å². The molecule has 0 rings (SSSR count). The molecule has 0 spiro atoms. The van der Waals surface area contributed by atoms with E-state index in [1.54, 1.807) is 6.08 Å². The molecule has 0 aliphatic heterocycles. The molecule has 0 fully saturated rings. The van der Waals surface area contributed by atoms with E-state index in [-0.39, 0.29) is 19.1 Å². The van der Waals surface area contributed by atoms with E-state index in [2.05, 4.69) is 31.3 Å². The van der Waals surface area contributed by atoms with E-state index in [1.165, 1.54) is 116 Å². The number of hydrogen-bond acceptors (Lipinski definition) is 6. The number of aliphatic hydroxyl groups is 1. The summed E-state index contributed by atoms with van der Waals surface area (Å²) >= 11 is 0. The Morgan fingerprint density at radius 1 is 0.694 bits per heavy atom. The molecule has 0 radical (unpaired) electrons. The van der Waals surface area contributed by atoms with Crippen LogP contribution < -0.4 is 10.2 Å². The van der Waals surface area contributed by atoms with Crippen molar-refractivity contribution in [2.45, 2.75) is 187 Å². The lowest BCUT2D eigenvalue weighted by molar-refractivity contribution is -0.870. The maximum atomic E-state index is 12.8. The molecule has 0 aromatic carbocycles. The van der Waals surface area contributed by atoms with E-state index >= 15 is 0 Å². The van der Waals surface area contributed by atoms with E-state index in [1.807, 2.05) is 27.2 Å². The Hall–Kier alpha value is -1.02. The van der Waals surface area contributed by atoms with Crippen LogP contribution in [0.1, 0.15) is 174 Å². The first-order valence-electron chi connectivity index (χ1n) is 20.2. The number of phosphoric ester groups is 1. The first-order chi connectivity index (χ1) is 23.5. The third-order valence-electron chi connectivity index (χ3n) is 8.91. The van der Waals surface area contributed by atoms with Crippen LogP contribution in [0.5, 0.6) is 0 Å². The summed E-state index contributed by atoms with van der Waals surface area (Å²) < 4.78 is 23.0. The number of rotatable bonds is 36. The van der Waals surface area contributed by atoms with Gasteiger partial charge in [0, 0.05) is 6.42 Å². The summed E-state index contributed by atoms with van der Waals surface area (Å²) in [5, 5.41) is 13.6. The molecule has 2 N–H and O–H groups in total. The quantitative estimate of drug-likeness (QED) is 0.0290. The topological polar surface area (TPSA) is 108 Å². The van der Waals surface area contributed by atoms with Crippen LogP contribution in [-0.2, 0) is 18.4 Å². The number of quaternary nitrogens is 1. The highest BCUT2D eigenvalue weighted by Gasteiger charge is 2.23. The summed E-state index contributed by atoms with van der Waals surface area (Å²) in [6.07, 6.45) is 36.6. The van der Waals surface area contributed by atoms with Crippen LogP contribution in [-0.4, -0.2) is 68.5 Å². The minimum atomic E-state index is -4.57. The van der Waals surface area contributed by atoms with Crippen LogP contribution >= 0.6 is 7.82 Å². The lowest BCUT2D eigenvalue weighted by Gasteiger charge is -2.29. The van der Waals surface area contributed by atoms with Gasteiger partial charge in [0.25, 0.3) is 7.82 Å². The number of carbonyl (C=O) groups excluding carboxylic acids is 1. The number of nitrogens with one attached hydrogen (secondary N) is 1. The molecule has 3 atom stereocenters. The second kappa shape index (κ2) is 32.9. The highest BCUT2D eigenvalue weighted by molar-refractivity contribution is 7.45. The van der Waals surface area contributed by atoms with Crippen molar-refractivity contribution in [2.75, 3.05) is 40.9 Å². The maximum absolute atomic E-state index is 12.8. The molecule has 1 amide bonds. The molecular formula is C40H79N2O6P. The molecule has 0 saturated heterocycles. The van der Waals surface area contributed by atoms with Crippen LogP contribution in [0.15, 0.2) is 24.3 Å². The second-order valence-corrected chi connectivity index (χ2v) is 16.4. The van der Waals surface area contributed by atoms with Crippen LogP contribution in [0.25, 0.3) is 0 Å². The number of likely N-dealkylation sites (N-methyl/N-ethyl adjacent to an activating group) is 1. The number of nitrogens with zero attached hydrogens (tertiary/aromatic N) is 1. The van der Waals surface area contributed by atoms with Crippen molar-refractivity contribution >= 4 is 13.7 Å². The van der Waals surface area contributed by atoms with Gasteiger partial charge in [-0.15, -0.1) is 0 Å². The lowest BCUT2D eigenvalue weighted by atomic mass is 10.0. The number of allylic oxidation sites excluding steroid dienone is 3. The van der Waals surface area contributed by atoms with Crippen LogP contribution in [0.4, 0.5) is 0 Å². The first kappa shape index (κ1) is 48.0. The van der Waals surface area contributed by atoms with Crippen LogP contribution in [0.2, 0.25) is 0 Å². The molecule has 9 heteroatoms. The van der Waals surface area contributed by atoms with E-state index in [0.29, 0.717) is 17.4 Å². The number of carbonyl (C=O) groups is 1. The Morgan fingerprint density at radius 2 is 1.12 bits per heavy atom. The maximum Gasteiger partial charge on any atom is 0.268 e. The van der Waals surface area contributed by atoms with Gasteiger partial charge in [0.1, 0.15) is 13.2 Å². The smallest absolute Gasteiger partial charge is 0.268 e. The average Bonchev–Trinajstić information content (AvgIpc) is 3.04. The summed E-state index contributed by atoms with van der Waals surface area (Å²) in [6.45, 7) is 4.58. The Kier molecular flexibility index (Phi) is 32.2. The van der Waals surface area contributed by atoms with Crippen LogP contribution in [0, 0.1) is 0 Å². The van der Waals surface area contributed by atoms with Crippen molar-refractivity contribution in [1.29, 1.82) is 0 Å². The molecule has 8 nitrogen and oxygen atoms in total. The molecule has 0 heterocycles. The van der Waals surface area contributed by atoms with Gasteiger partial charge in [0.15, 0.2) is 0 Å². The fourth-order valence-electron chi connectivity index (χ4n) is 5.62. The van der Waals surface area contributed by atoms with Gasteiger partial charge in [-0.05, 0) is 44.9 Å². The summed E-state index contributed by atoms with van der Waals surface area (Å²) in [6, 6.07) is -0.881. The third-order valence-corrected chi connectivity index (χ3v) is 9.87. The van der Waals surface area contributed by atoms with Crippen molar-refractivity contribution in [3.8, 4) is 0 Å². The molecule has 0 saturated carbocycles. The van der Waals surface area contributed by atoms with E-state index < -0.39 is 20.0 Å². The molecule has 290 valence electrons. The van der Waals surface area contributed by atoms with Crippen molar-refractivity contribution < 1.29 is 32.9 Å². The summed E-state index contributed by atoms with van der Waals surface area (Å²) in [7, 11) is 1.26. The molecular weight excluding hydrogens is 635 g/mol. The molecule has 3 unspecified atom stereocenters. The standard InChI is InChI=1S/C40H79N2O6P/c1-6-8-10-12-14-16-17-18-19-20-21-22-23-24-25-26-28-30-32-34-40(44)41-38(37-48-49(45,46)47-36-35-42(3,4)5)39(43)33-31-29-27-15-13-11-9-7-2/h18-19,31,33,38-39,43H,6-17,20-30,32,34-37H2,1-5H3,(H-,41,44,45,46)/b19-18-,33-31+. The molecule has 0 aromatic rings. The predicted octanol–water partition coefficient (Wildman–Crippen LogP) is 9.94. The van der Waals surface area contributed by atoms with Gasteiger partial charge < -0.3 is 28.8 Å². The largest absolute Gasteiger partial charge is 0.756 e. The number of phosphoric acid groups is 1. The zero-order chi connectivity index (χ0) is 36.5. The Balaban J connectivity index is 4.31. The monoisotopic (exact) mass is 715 g/mol. The highest BCUT2D eigenvalue weighted by Crippen LogP contribution is 2.38. The zero-order valence-electron chi connectivity index (χ0n) is 32.6. The van der Waals surface area contributed by atoms with Crippen molar-refractivity contribution in [3.05, 3.63) is 24.3 Å². The number of amides is 1. The number of unbranched alkanes of at least 4 members (excludes halogenated alkanes) is 21. The highest BCUT2D eigenvalue weighted by atomic mass is 31.2. The summed E-state index contributed by atoms with van der Waals surface area (Å²) in [4.78, 5) is 25.1. The van der Waals surface area contributed by atoms with Crippen molar-refractivity contribution in [3.63, 3.8) is 0 Å². The minimum absolute atomic E-state index is 0.000978. The van der Waals surface area contributed by atoms with Gasteiger partial charge in [0.2, 0.25) is 5.91 Å². The zero-order valence-corrected chi connectivity index (χ0v) is 33.5. The second-order valence-electron chi connectivity index (χ2n) is 15.0. The summed E-state index contributed by atoms with van der Waals surface area (Å²) in [5.41, 5.74) is 0. The minimum Gasteiger partial charge on any atom is -0.756 e. The van der Waals surface area contributed by atoms with E-state index in [4.69, 9.17) is 9.05 Å². The van der Waals surface area contributed by atoms with Gasteiger partial charge in [-0.2, -0.15) is 0 Å². The van der Waals surface area contributed by atoms with E-state index in [0.717, 1.165) is 38.5 Å². The fourth-order valence-corrected chi connectivity index (χ4v) is 6.34. The Labute approximate surface area is 303 Å². The third kappa shape index (κ3) is 35.2. The molecule has 0 aliphatic rings. The van der Waals surface area contributed by atoms with Crippen LogP contribution in [0.3, 0.4) is 0 Å².